The third-order valence-electron chi connectivity index (χ3n) is 4.25. The lowest BCUT2D eigenvalue weighted by atomic mass is 10.0. The zero-order valence-electron chi connectivity index (χ0n) is 10.8. The minimum Gasteiger partial charge on any atom is -0.414 e. The molecule has 0 N–H and O–H groups in total. The van der Waals surface area contributed by atoms with Gasteiger partial charge in [-0.1, -0.05) is 32.1 Å². The predicted octanol–water partition coefficient (Wildman–Crippen LogP) is 3.72. The van der Waals surface area contributed by atoms with Gasteiger partial charge in [-0.05, 0) is 31.5 Å². The van der Waals surface area contributed by atoms with Gasteiger partial charge in [0.15, 0.2) is 8.32 Å². The van der Waals surface area contributed by atoms with Gasteiger partial charge in [0, 0.05) is 6.61 Å². The highest BCUT2D eigenvalue weighted by Crippen LogP contribution is 2.37. The lowest BCUT2D eigenvalue weighted by Crippen LogP contribution is -2.39. The van der Waals surface area contributed by atoms with E-state index in [2.05, 4.69) is 13.1 Å². The molecule has 3 heteroatoms. The van der Waals surface area contributed by atoms with Gasteiger partial charge in [0.25, 0.3) is 0 Å². The summed E-state index contributed by atoms with van der Waals surface area (Å²) in [5, 5.41) is 0. The standard InChI is InChI=1S/C13H26O2Si/c1-16(2,13-8-4-3-5-9-13)15-11-12-7-6-10-14-12/h12-13H,3-11H2,1-2H3. The summed E-state index contributed by atoms with van der Waals surface area (Å²) in [4.78, 5) is 0. The molecule has 0 bridgehead atoms. The van der Waals surface area contributed by atoms with Gasteiger partial charge in [-0.2, -0.15) is 0 Å². The molecule has 2 aliphatic rings. The smallest absolute Gasteiger partial charge is 0.189 e. The van der Waals surface area contributed by atoms with Crippen LogP contribution in [-0.4, -0.2) is 27.6 Å². The van der Waals surface area contributed by atoms with Gasteiger partial charge in [-0.15, -0.1) is 0 Å². The largest absolute Gasteiger partial charge is 0.414 e. The first-order chi connectivity index (χ1) is 7.68. The Morgan fingerprint density at radius 1 is 1.06 bits per heavy atom. The molecule has 0 radical (unpaired) electrons. The van der Waals surface area contributed by atoms with E-state index in [1.165, 1.54) is 44.9 Å². The molecule has 0 aromatic carbocycles. The molecular formula is C13H26O2Si. The maximum atomic E-state index is 6.27. The first-order valence-corrected chi connectivity index (χ1v) is 9.92. The number of hydrogen-bond donors (Lipinski definition) is 0. The summed E-state index contributed by atoms with van der Waals surface area (Å²) >= 11 is 0. The second kappa shape index (κ2) is 5.65. The maximum Gasteiger partial charge on any atom is 0.189 e. The van der Waals surface area contributed by atoms with Crippen LogP contribution in [0.2, 0.25) is 18.6 Å². The van der Waals surface area contributed by atoms with Crippen molar-refractivity contribution in [1.82, 2.24) is 0 Å². The minimum absolute atomic E-state index is 0.398. The fourth-order valence-corrected chi connectivity index (χ4v) is 5.65. The van der Waals surface area contributed by atoms with E-state index in [0.717, 1.165) is 18.8 Å². The number of hydrogen-bond acceptors (Lipinski definition) is 2. The molecule has 0 amide bonds. The van der Waals surface area contributed by atoms with E-state index in [0.29, 0.717) is 6.10 Å². The van der Waals surface area contributed by atoms with Crippen LogP contribution in [0.25, 0.3) is 0 Å². The van der Waals surface area contributed by atoms with Crippen molar-refractivity contribution in [3.8, 4) is 0 Å². The predicted molar refractivity (Wildman–Crippen MR) is 69.2 cm³/mol. The molecule has 1 saturated carbocycles. The molecule has 1 heterocycles. The minimum atomic E-state index is -1.45. The Morgan fingerprint density at radius 2 is 1.81 bits per heavy atom. The van der Waals surface area contributed by atoms with Crippen LogP contribution in [-0.2, 0) is 9.16 Å². The Bertz CT molecular complexity index is 206. The quantitative estimate of drug-likeness (QED) is 0.700. The summed E-state index contributed by atoms with van der Waals surface area (Å²) in [6, 6.07) is 0. The average Bonchev–Trinajstić information content (AvgIpc) is 2.81. The van der Waals surface area contributed by atoms with Crippen LogP contribution in [0.1, 0.15) is 44.9 Å². The van der Waals surface area contributed by atoms with Crippen LogP contribution in [0, 0.1) is 0 Å². The first-order valence-electron chi connectivity index (χ1n) is 6.94. The van der Waals surface area contributed by atoms with Crippen molar-refractivity contribution >= 4 is 8.32 Å². The molecule has 0 aromatic rings. The monoisotopic (exact) mass is 242 g/mol. The summed E-state index contributed by atoms with van der Waals surface area (Å²) in [6.45, 7) is 6.60. The van der Waals surface area contributed by atoms with E-state index in [1.54, 1.807) is 0 Å². The summed E-state index contributed by atoms with van der Waals surface area (Å²) < 4.78 is 11.9. The highest BCUT2D eigenvalue weighted by Gasteiger charge is 2.35. The molecule has 1 saturated heterocycles. The maximum absolute atomic E-state index is 6.27. The van der Waals surface area contributed by atoms with Gasteiger partial charge in [0.05, 0.1) is 12.7 Å². The summed E-state index contributed by atoms with van der Waals surface area (Å²) in [6.07, 6.45) is 9.92. The average molecular weight is 242 g/mol. The van der Waals surface area contributed by atoms with Gasteiger partial charge < -0.3 is 9.16 Å². The second-order valence-electron chi connectivity index (χ2n) is 5.88. The van der Waals surface area contributed by atoms with Gasteiger partial charge in [-0.25, -0.2) is 0 Å². The molecule has 0 aromatic heterocycles. The molecule has 1 unspecified atom stereocenters. The van der Waals surface area contributed by atoms with E-state index < -0.39 is 8.32 Å². The zero-order chi connectivity index (χ0) is 11.4. The highest BCUT2D eigenvalue weighted by molar-refractivity contribution is 6.72. The fraction of sp³-hybridized carbons (Fsp3) is 1.00. The molecule has 2 rings (SSSR count). The fourth-order valence-electron chi connectivity index (χ4n) is 3.00. The summed E-state index contributed by atoms with van der Waals surface area (Å²) in [5.74, 6) is 0. The third-order valence-corrected chi connectivity index (χ3v) is 7.71. The van der Waals surface area contributed by atoms with E-state index in [9.17, 15) is 0 Å². The second-order valence-corrected chi connectivity index (χ2v) is 10.2. The summed E-state index contributed by atoms with van der Waals surface area (Å²) in [7, 11) is -1.45. The van der Waals surface area contributed by atoms with Crippen LogP contribution in [0.5, 0.6) is 0 Å². The molecule has 1 atom stereocenters. The molecule has 94 valence electrons. The van der Waals surface area contributed by atoms with E-state index >= 15 is 0 Å². The Labute approximate surface area is 101 Å². The summed E-state index contributed by atoms with van der Waals surface area (Å²) in [5.41, 5.74) is 0.891. The zero-order valence-corrected chi connectivity index (χ0v) is 11.8. The van der Waals surface area contributed by atoms with E-state index in [4.69, 9.17) is 9.16 Å². The van der Waals surface area contributed by atoms with Crippen LogP contribution in [0.4, 0.5) is 0 Å². The molecular weight excluding hydrogens is 216 g/mol. The van der Waals surface area contributed by atoms with Gasteiger partial charge in [0.1, 0.15) is 0 Å². The normalized spacial score (nSPS) is 28.5. The molecule has 1 aliphatic heterocycles. The Balaban J connectivity index is 1.76. The SMILES string of the molecule is C[Si](C)(OCC1CCCO1)C1CCCCC1. The van der Waals surface area contributed by atoms with Crippen molar-refractivity contribution in [2.45, 2.75) is 69.7 Å². The van der Waals surface area contributed by atoms with E-state index in [1.807, 2.05) is 0 Å². The highest BCUT2D eigenvalue weighted by atomic mass is 28.4. The van der Waals surface area contributed by atoms with Crippen molar-refractivity contribution in [3.63, 3.8) is 0 Å². The van der Waals surface area contributed by atoms with E-state index in [-0.39, 0.29) is 0 Å². The Kier molecular flexibility index (Phi) is 4.45. The number of rotatable bonds is 4. The van der Waals surface area contributed by atoms with Crippen molar-refractivity contribution in [3.05, 3.63) is 0 Å². The molecule has 16 heavy (non-hydrogen) atoms. The van der Waals surface area contributed by atoms with Crippen molar-refractivity contribution in [2.75, 3.05) is 13.2 Å². The lowest BCUT2D eigenvalue weighted by molar-refractivity contribution is 0.0634. The first kappa shape index (κ1) is 12.6. The molecule has 0 spiro atoms. The van der Waals surface area contributed by atoms with Crippen molar-refractivity contribution < 1.29 is 9.16 Å². The van der Waals surface area contributed by atoms with Crippen LogP contribution in [0.15, 0.2) is 0 Å². The van der Waals surface area contributed by atoms with Crippen molar-refractivity contribution in [1.29, 1.82) is 0 Å². The van der Waals surface area contributed by atoms with Gasteiger partial charge in [-0.3, -0.25) is 0 Å². The van der Waals surface area contributed by atoms with Gasteiger partial charge in [0.2, 0.25) is 0 Å². The Hall–Kier alpha value is 0.137. The third kappa shape index (κ3) is 3.31. The Morgan fingerprint density at radius 3 is 2.44 bits per heavy atom. The molecule has 2 fully saturated rings. The van der Waals surface area contributed by atoms with Crippen molar-refractivity contribution in [2.24, 2.45) is 0 Å². The topological polar surface area (TPSA) is 18.5 Å². The lowest BCUT2D eigenvalue weighted by Gasteiger charge is -2.35. The van der Waals surface area contributed by atoms with Crippen LogP contribution >= 0.6 is 0 Å². The number of ether oxygens (including phenoxy) is 1. The van der Waals surface area contributed by atoms with Crippen LogP contribution < -0.4 is 0 Å². The van der Waals surface area contributed by atoms with Gasteiger partial charge >= 0.3 is 0 Å². The van der Waals surface area contributed by atoms with Crippen LogP contribution in [0.3, 0.4) is 0 Å². The molecule has 1 aliphatic carbocycles. The molecule has 2 nitrogen and oxygen atoms in total.